The summed E-state index contributed by atoms with van der Waals surface area (Å²) in [6, 6.07) is 40.5. The van der Waals surface area contributed by atoms with Crippen LogP contribution in [0.2, 0.25) is 0 Å². The maximum absolute atomic E-state index is 6.46. The van der Waals surface area contributed by atoms with Gasteiger partial charge < -0.3 is 4.42 Å². The van der Waals surface area contributed by atoms with Gasteiger partial charge in [-0.3, -0.25) is 4.40 Å². The van der Waals surface area contributed by atoms with Gasteiger partial charge in [-0.2, -0.15) is 0 Å². The lowest BCUT2D eigenvalue weighted by Gasteiger charge is -2.08. The minimum Gasteiger partial charge on any atom is -0.456 e. The van der Waals surface area contributed by atoms with Gasteiger partial charge in [0, 0.05) is 26.9 Å². The standard InChI is InChI=1S/C36H19N3O/c1-2-10-22-20(8-1)9-7-12-23(22)21-16-17-29-25(18-21)33-32-24-11-3-6-15-30(24)40-31(32)19-26-34-36(39(29)35(26)33)38-28-14-5-4-13-27(28)37-34/h1-19H. The maximum Gasteiger partial charge on any atom is 0.165 e. The Morgan fingerprint density at radius 2 is 1.32 bits per heavy atom. The minimum atomic E-state index is 0.876. The predicted octanol–water partition coefficient (Wildman–Crippen LogP) is 9.50. The largest absolute Gasteiger partial charge is 0.456 e. The van der Waals surface area contributed by atoms with Crippen molar-refractivity contribution in [3.8, 4) is 11.1 Å². The van der Waals surface area contributed by atoms with Gasteiger partial charge in [0.05, 0.1) is 22.1 Å². The van der Waals surface area contributed by atoms with Gasteiger partial charge in [0.15, 0.2) is 5.65 Å². The number of aromatic nitrogens is 3. The summed E-state index contributed by atoms with van der Waals surface area (Å²) < 4.78 is 8.77. The molecule has 184 valence electrons. The van der Waals surface area contributed by atoms with Gasteiger partial charge in [0.25, 0.3) is 0 Å². The normalized spacial score (nSPS) is 12.5. The molecule has 0 radical (unpaired) electrons. The second-order valence-corrected chi connectivity index (χ2v) is 10.6. The summed E-state index contributed by atoms with van der Waals surface area (Å²) in [4.78, 5) is 10.3. The van der Waals surface area contributed by atoms with Gasteiger partial charge in [-0.05, 0) is 58.3 Å². The van der Waals surface area contributed by atoms with Crippen LogP contribution < -0.4 is 0 Å². The Morgan fingerprint density at radius 1 is 0.550 bits per heavy atom. The first kappa shape index (κ1) is 20.5. The summed E-state index contributed by atoms with van der Waals surface area (Å²) in [6.45, 7) is 0. The Hall–Kier alpha value is -5.48. The zero-order valence-electron chi connectivity index (χ0n) is 21.2. The second kappa shape index (κ2) is 7.13. The molecule has 10 aromatic rings. The van der Waals surface area contributed by atoms with Gasteiger partial charge in [-0.1, -0.05) is 78.9 Å². The number of fused-ring (bicyclic) bond motifs is 12. The summed E-state index contributed by atoms with van der Waals surface area (Å²) in [7, 11) is 0. The number of hydrogen-bond donors (Lipinski definition) is 0. The Labute approximate surface area is 227 Å². The average Bonchev–Trinajstić information content (AvgIpc) is 3.65. The lowest BCUT2D eigenvalue weighted by molar-refractivity contribution is 0.669. The highest BCUT2D eigenvalue weighted by Gasteiger charge is 2.25. The molecule has 40 heavy (non-hydrogen) atoms. The number of para-hydroxylation sites is 3. The van der Waals surface area contributed by atoms with Crippen LogP contribution in [0.3, 0.4) is 0 Å². The van der Waals surface area contributed by atoms with Gasteiger partial charge >= 0.3 is 0 Å². The molecular weight excluding hydrogens is 490 g/mol. The molecular formula is C36H19N3O. The molecule has 10 rings (SSSR count). The van der Waals surface area contributed by atoms with Crippen LogP contribution in [0.1, 0.15) is 0 Å². The number of benzene rings is 6. The highest BCUT2D eigenvalue weighted by atomic mass is 16.3. The van der Waals surface area contributed by atoms with E-state index in [1.165, 1.54) is 32.7 Å². The molecule has 0 aliphatic carbocycles. The molecule has 4 aromatic heterocycles. The van der Waals surface area contributed by atoms with E-state index >= 15 is 0 Å². The number of hydrogen-bond acceptors (Lipinski definition) is 3. The molecule has 0 bridgehead atoms. The van der Waals surface area contributed by atoms with Crippen molar-refractivity contribution in [3.63, 3.8) is 0 Å². The summed E-state index contributed by atoms with van der Waals surface area (Å²) in [5, 5.41) is 8.22. The Morgan fingerprint density at radius 3 is 2.25 bits per heavy atom. The van der Waals surface area contributed by atoms with Crippen molar-refractivity contribution in [1.29, 1.82) is 0 Å². The smallest absolute Gasteiger partial charge is 0.165 e. The van der Waals surface area contributed by atoms with Crippen LogP contribution in [0.15, 0.2) is 120 Å². The van der Waals surface area contributed by atoms with Gasteiger partial charge in [0.1, 0.15) is 16.7 Å². The topological polar surface area (TPSA) is 43.3 Å². The third-order valence-electron chi connectivity index (χ3n) is 8.49. The van der Waals surface area contributed by atoms with E-state index in [1.54, 1.807) is 0 Å². The van der Waals surface area contributed by atoms with E-state index in [1.807, 2.05) is 30.3 Å². The van der Waals surface area contributed by atoms with Crippen molar-refractivity contribution in [1.82, 2.24) is 14.4 Å². The zero-order valence-corrected chi connectivity index (χ0v) is 21.2. The Kier molecular flexibility index (Phi) is 3.65. The van der Waals surface area contributed by atoms with Gasteiger partial charge in [-0.25, -0.2) is 9.97 Å². The minimum absolute atomic E-state index is 0.876. The van der Waals surface area contributed by atoms with Gasteiger partial charge in [0.2, 0.25) is 0 Å². The Bertz CT molecular complexity index is 2650. The molecule has 0 atom stereocenters. The molecule has 0 aliphatic heterocycles. The molecule has 0 unspecified atom stereocenters. The first-order valence-corrected chi connectivity index (χ1v) is 13.5. The van der Waals surface area contributed by atoms with Crippen molar-refractivity contribution in [3.05, 3.63) is 115 Å². The number of rotatable bonds is 1. The van der Waals surface area contributed by atoms with Crippen LogP contribution in [-0.4, -0.2) is 14.4 Å². The average molecular weight is 510 g/mol. The zero-order chi connectivity index (χ0) is 25.9. The first-order chi connectivity index (χ1) is 19.8. The fourth-order valence-corrected chi connectivity index (χ4v) is 6.80. The summed E-state index contributed by atoms with van der Waals surface area (Å²) in [6.07, 6.45) is 0. The molecule has 4 nitrogen and oxygen atoms in total. The van der Waals surface area contributed by atoms with Crippen LogP contribution in [0.5, 0.6) is 0 Å². The molecule has 0 fully saturated rings. The van der Waals surface area contributed by atoms with E-state index in [9.17, 15) is 0 Å². The summed E-state index contributed by atoms with van der Waals surface area (Å²) in [5.74, 6) is 0. The lowest BCUT2D eigenvalue weighted by atomic mass is 9.96. The summed E-state index contributed by atoms with van der Waals surface area (Å²) in [5.41, 5.74) is 10.0. The van der Waals surface area contributed by atoms with Crippen molar-refractivity contribution >= 4 is 82.1 Å². The molecule has 0 aliphatic rings. The molecule has 6 aromatic carbocycles. The fraction of sp³-hybridized carbons (Fsp3) is 0. The number of nitrogens with zero attached hydrogens (tertiary/aromatic N) is 3. The quantitative estimate of drug-likeness (QED) is 0.221. The second-order valence-electron chi connectivity index (χ2n) is 10.6. The number of furan rings is 1. The molecule has 0 saturated carbocycles. The van der Waals surface area contributed by atoms with Crippen LogP contribution in [0.4, 0.5) is 0 Å². The van der Waals surface area contributed by atoms with Crippen molar-refractivity contribution in [2.45, 2.75) is 0 Å². The predicted molar refractivity (Wildman–Crippen MR) is 164 cm³/mol. The maximum atomic E-state index is 6.46. The van der Waals surface area contributed by atoms with E-state index in [0.717, 1.165) is 60.6 Å². The van der Waals surface area contributed by atoms with E-state index in [0.29, 0.717) is 0 Å². The van der Waals surface area contributed by atoms with Crippen LogP contribution >= 0.6 is 0 Å². The molecule has 0 spiro atoms. The first-order valence-electron chi connectivity index (χ1n) is 13.5. The third-order valence-corrected chi connectivity index (χ3v) is 8.49. The molecule has 0 N–H and O–H groups in total. The lowest BCUT2D eigenvalue weighted by Crippen LogP contribution is -1.89. The molecule has 4 heterocycles. The monoisotopic (exact) mass is 509 g/mol. The molecule has 0 amide bonds. The highest BCUT2D eigenvalue weighted by molar-refractivity contribution is 6.34. The fourth-order valence-electron chi connectivity index (χ4n) is 6.80. The van der Waals surface area contributed by atoms with E-state index in [2.05, 4.69) is 89.3 Å². The van der Waals surface area contributed by atoms with Crippen LogP contribution in [0, 0.1) is 0 Å². The summed E-state index contributed by atoms with van der Waals surface area (Å²) >= 11 is 0. The molecule has 0 saturated heterocycles. The van der Waals surface area contributed by atoms with Crippen LogP contribution in [0.25, 0.3) is 93.2 Å². The van der Waals surface area contributed by atoms with Crippen molar-refractivity contribution < 1.29 is 4.42 Å². The van der Waals surface area contributed by atoms with Gasteiger partial charge in [-0.15, -0.1) is 0 Å². The van der Waals surface area contributed by atoms with E-state index in [-0.39, 0.29) is 0 Å². The van der Waals surface area contributed by atoms with E-state index < -0.39 is 0 Å². The van der Waals surface area contributed by atoms with Crippen molar-refractivity contribution in [2.24, 2.45) is 0 Å². The molecule has 4 heteroatoms. The third kappa shape index (κ3) is 2.46. The van der Waals surface area contributed by atoms with Crippen LogP contribution in [-0.2, 0) is 0 Å². The van der Waals surface area contributed by atoms with Crippen molar-refractivity contribution in [2.75, 3.05) is 0 Å². The Balaban J connectivity index is 1.45. The highest BCUT2D eigenvalue weighted by Crippen LogP contribution is 2.46. The SMILES string of the molecule is c1ccc2c(-c3ccc4c(c3)c3c5c(cc6c7nc8ccccc8nc7n4c63)oc3ccccc35)cccc2c1. The van der Waals surface area contributed by atoms with E-state index in [4.69, 9.17) is 14.4 Å².